The quantitative estimate of drug-likeness (QED) is 0.915. The average Bonchev–Trinajstić information content (AvgIpc) is 2.71. The molecule has 0 aliphatic heterocycles. The lowest BCUT2D eigenvalue weighted by Crippen LogP contribution is -2.11. The molecule has 0 bridgehead atoms. The minimum Gasteiger partial charge on any atom is -0.330 e. The van der Waals surface area contributed by atoms with Crippen LogP contribution in [0.1, 0.15) is 32.0 Å². The summed E-state index contributed by atoms with van der Waals surface area (Å²) in [5.74, 6) is 1.02. The van der Waals surface area contributed by atoms with Crippen molar-refractivity contribution in [2.24, 2.45) is 7.05 Å². The van der Waals surface area contributed by atoms with Crippen LogP contribution in [0.4, 0.5) is 0 Å². The molecule has 1 N–H and O–H groups in total. The number of hydrogen-bond acceptors (Lipinski definition) is 2. The highest BCUT2D eigenvalue weighted by molar-refractivity contribution is 5.57. The molecule has 1 aromatic heterocycles. The number of aromatic nitrogens is 2. The van der Waals surface area contributed by atoms with Gasteiger partial charge in [-0.25, -0.2) is 4.98 Å². The molecule has 2 rings (SSSR count). The number of nitrogens with zero attached hydrogens (tertiary/aromatic N) is 2. The van der Waals surface area contributed by atoms with Crippen LogP contribution in [0.3, 0.4) is 0 Å². The predicted octanol–water partition coefficient (Wildman–Crippen LogP) is 3.10. The second-order valence-corrected chi connectivity index (χ2v) is 5.99. The fourth-order valence-corrected chi connectivity index (χ4v) is 2.18. The maximum atomic E-state index is 4.52. The first-order valence-corrected chi connectivity index (χ1v) is 6.69. The number of hydrogen-bond donors (Lipinski definition) is 1. The Labute approximate surface area is 115 Å². The van der Waals surface area contributed by atoms with Gasteiger partial charge in [-0.05, 0) is 18.0 Å². The van der Waals surface area contributed by atoms with Crippen LogP contribution < -0.4 is 5.32 Å². The number of nitrogens with one attached hydrogen (secondary N) is 1. The van der Waals surface area contributed by atoms with E-state index in [0.29, 0.717) is 0 Å². The Kier molecular flexibility index (Phi) is 3.76. The van der Waals surface area contributed by atoms with Crippen LogP contribution in [-0.2, 0) is 19.0 Å². The molecule has 2 aromatic rings. The van der Waals surface area contributed by atoms with Gasteiger partial charge in [0.1, 0.15) is 5.82 Å². The van der Waals surface area contributed by atoms with Crippen LogP contribution in [0.2, 0.25) is 0 Å². The smallest absolute Gasteiger partial charge is 0.139 e. The molecule has 0 saturated carbocycles. The molecule has 0 amide bonds. The third-order valence-corrected chi connectivity index (χ3v) is 3.45. The molecule has 0 saturated heterocycles. The monoisotopic (exact) mass is 257 g/mol. The molecule has 1 aromatic carbocycles. The normalized spacial score (nSPS) is 11.8. The minimum absolute atomic E-state index is 0.192. The average molecular weight is 257 g/mol. The van der Waals surface area contributed by atoms with Crippen LogP contribution >= 0.6 is 0 Å². The summed E-state index contributed by atoms with van der Waals surface area (Å²) in [7, 11) is 4.01. The van der Waals surface area contributed by atoms with Gasteiger partial charge in [-0.1, -0.05) is 45.0 Å². The molecular formula is C16H23N3. The lowest BCUT2D eigenvalue weighted by molar-refractivity contribution is 0.590. The number of imidazole rings is 1. The van der Waals surface area contributed by atoms with Crippen molar-refractivity contribution in [2.75, 3.05) is 7.05 Å². The largest absolute Gasteiger partial charge is 0.330 e. The second kappa shape index (κ2) is 5.17. The summed E-state index contributed by atoms with van der Waals surface area (Å²) in [5.41, 5.74) is 3.90. The Bertz CT molecular complexity index is 544. The van der Waals surface area contributed by atoms with Crippen LogP contribution in [0, 0.1) is 0 Å². The first-order chi connectivity index (χ1) is 8.93. The van der Waals surface area contributed by atoms with Crippen molar-refractivity contribution >= 4 is 0 Å². The molecule has 0 unspecified atom stereocenters. The Morgan fingerprint density at radius 1 is 1.16 bits per heavy atom. The molecule has 0 spiro atoms. The lowest BCUT2D eigenvalue weighted by atomic mass is 9.87. The minimum atomic E-state index is 0.192. The summed E-state index contributed by atoms with van der Waals surface area (Å²) in [4.78, 5) is 4.52. The van der Waals surface area contributed by atoms with Gasteiger partial charge >= 0.3 is 0 Å². The lowest BCUT2D eigenvalue weighted by Gasteiger charge is -2.19. The number of benzene rings is 1. The van der Waals surface area contributed by atoms with Crippen LogP contribution in [-0.4, -0.2) is 16.6 Å². The molecule has 0 radical (unpaired) electrons. The van der Waals surface area contributed by atoms with E-state index in [1.165, 1.54) is 11.3 Å². The van der Waals surface area contributed by atoms with E-state index in [-0.39, 0.29) is 5.41 Å². The van der Waals surface area contributed by atoms with Crippen molar-refractivity contribution in [2.45, 2.75) is 32.7 Å². The van der Waals surface area contributed by atoms with Gasteiger partial charge in [0.15, 0.2) is 0 Å². The van der Waals surface area contributed by atoms with E-state index < -0.39 is 0 Å². The van der Waals surface area contributed by atoms with Gasteiger partial charge in [0, 0.05) is 19.2 Å². The predicted molar refractivity (Wildman–Crippen MR) is 80.1 cm³/mol. The van der Waals surface area contributed by atoms with Gasteiger partial charge in [0.05, 0.1) is 11.9 Å². The van der Waals surface area contributed by atoms with E-state index in [1.54, 1.807) is 0 Å². The first-order valence-electron chi connectivity index (χ1n) is 6.69. The molecule has 0 atom stereocenters. The topological polar surface area (TPSA) is 29.9 Å². The molecule has 0 aliphatic carbocycles. The van der Waals surface area contributed by atoms with Crippen molar-refractivity contribution in [1.82, 2.24) is 14.9 Å². The fourth-order valence-electron chi connectivity index (χ4n) is 2.18. The van der Waals surface area contributed by atoms with E-state index in [2.05, 4.69) is 67.0 Å². The maximum absolute atomic E-state index is 4.52. The standard InChI is InChI=1S/C16H23N3/c1-16(2,3)13-8-6-12(7-9-13)15-18-11-14(10-17-4)19(15)5/h6-9,11,17H,10H2,1-5H3. The molecule has 0 aliphatic rings. The first kappa shape index (κ1) is 13.8. The third kappa shape index (κ3) is 2.87. The zero-order valence-electron chi connectivity index (χ0n) is 12.5. The molecule has 1 heterocycles. The van der Waals surface area contributed by atoms with Crippen molar-refractivity contribution in [3.63, 3.8) is 0 Å². The zero-order chi connectivity index (χ0) is 14.0. The molecule has 0 fully saturated rings. The van der Waals surface area contributed by atoms with E-state index in [9.17, 15) is 0 Å². The van der Waals surface area contributed by atoms with Gasteiger partial charge < -0.3 is 9.88 Å². The van der Waals surface area contributed by atoms with E-state index >= 15 is 0 Å². The zero-order valence-corrected chi connectivity index (χ0v) is 12.5. The van der Waals surface area contributed by atoms with Gasteiger partial charge in [0.25, 0.3) is 0 Å². The molecule has 102 valence electrons. The van der Waals surface area contributed by atoms with E-state index in [0.717, 1.165) is 17.9 Å². The summed E-state index contributed by atoms with van der Waals surface area (Å²) < 4.78 is 2.14. The van der Waals surface area contributed by atoms with Crippen molar-refractivity contribution < 1.29 is 0 Å². The van der Waals surface area contributed by atoms with Crippen molar-refractivity contribution in [1.29, 1.82) is 0 Å². The third-order valence-electron chi connectivity index (χ3n) is 3.45. The summed E-state index contributed by atoms with van der Waals surface area (Å²) in [6.45, 7) is 7.53. The van der Waals surface area contributed by atoms with Gasteiger partial charge in [-0.15, -0.1) is 0 Å². The van der Waals surface area contributed by atoms with E-state index in [1.807, 2.05) is 13.2 Å². The van der Waals surface area contributed by atoms with Crippen molar-refractivity contribution in [3.8, 4) is 11.4 Å². The molecule has 19 heavy (non-hydrogen) atoms. The van der Waals surface area contributed by atoms with Gasteiger partial charge in [-0.3, -0.25) is 0 Å². The maximum Gasteiger partial charge on any atom is 0.139 e. The Hall–Kier alpha value is -1.61. The highest BCUT2D eigenvalue weighted by atomic mass is 15.1. The summed E-state index contributed by atoms with van der Waals surface area (Å²) in [5, 5.41) is 3.16. The Morgan fingerprint density at radius 2 is 1.79 bits per heavy atom. The second-order valence-electron chi connectivity index (χ2n) is 5.99. The van der Waals surface area contributed by atoms with Gasteiger partial charge in [0.2, 0.25) is 0 Å². The van der Waals surface area contributed by atoms with Gasteiger partial charge in [-0.2, -0.15) is 0 Å². The number of rotatable bonds is 3. The summed E-state index contributed by atoms with van der Waals surface area (Å²) >= 11 is 0. The highest BCUT2D eigenvalue weighted by Crippen LogP contribution is 2.25. The SMILES string of the molecule is CNCc1cnc(-c2ccc(C(C)(C)C)cc2)n1C. The van der Waals surface area contributed by atoms with Crippen LogP contribution in [0.15, 0.2) is 30.5 Å². The molecular weight excluding hydrogens is 234 g/mol. The molecule has 3 heteroatoms. The highest BCUT2D eigenvalue weighted by Gasteiger charge is 2.14. The van der Waals surface area contributed by atoms with E-state index in [4.69, 9.17) is 0 Å². The fraction of sp³-hybridized carbons (Fsp3) is 0.438. The Balaban J connectivity index is 2.32. The summed E-state index contributed by atoms with van der Waals surface area (Å²) in [6.07, 6.45) is 1.93. The molecule has 3 nitrogen and oxygen atoms in total. The van der Waals surface area contributed by atoms with Crippen LogP contribution in [0.25, 0.3) is 11.4 Å². The van der Waals surface area contributed by atoms with Crippen LogP contribution in [0.5, 0.6) is 0 Å². The van der Waals surface area contributed by atoms with Crippen molar-refractivity contribution in [3.05, 3.63) is 41.7 Å². The summed E-state index contributed by atoms with van der Waals surface area (Å²) in [6, 6.07) is 8.71. The Morgan fingerprint density at radius 3 is 2.32 bits per heavy atom.